The molecule has 96 valence electrons. The second-order valence-corrected chi connectivity index (χ2v) is 3.73. The summed E-state index contributed by atoms with van der Waals surface area (Å²) in [4.78, 5) is 22.3. The zero-order valence-corrected chi connectivity index (χ0v) is 9.79. The van der Waals surface area contributed by atoms with Crippen molar-refractivity contribution in [2.45, 2.75) is 6.92 Å². The first-order valence-electron chi connectivity index (χ1n) is 5.13. The van der Waals surface area contributed by atoms with Gasteiger partial charge < -0.3 is 15.7 Å². The van der Waals surface area contributed by atoms with Gasteiger partial charge in [-0.3, -0.25) is 0 Å². The van der Waals surface area contributed by atoms with Gasteiger partial charge >= 0.3 is 12.0 Å². The van der Waals surface area contributed by atoms with Crippen molar-refractivity contribution in [2.75, 3.05) is 11.9 Å². The number of rotatable bonds is 4. The summed E-state index contributed by atoms with van der Waals surface area (Å²) in [6, 6.07) is 2.85. The van der Waals surface area contributed by atoms with Crippen LogP contribution in [0.25, 0.3) is 0 Å². The van der Waals surface area contributed by atoms with Crippen molar-refractivity contribution in [3.63, 3.8) is 0 Å². The van der Waals surface area contributed by atoms with Crippen LogP contribution >= 0.6 is 0 Å². The SMILES string of the molecule is C=C(C)CNC(=O)Nc1c(F)cccc1C(=O)O. The van der Waals surface area contributed by atoms with Crippen molar-refractivity contribution < 1.29 is 19.1 Å². The Morgan fingerprint density at radius 2 is 2.11 bits per heavy atom. The zero-order chi connectivity index (χ0) is 13.7. The van der Waals surface area contributed by atoms with E-state index in [0.29, 0.717) is 0 Å². The van der Waals surface area contributed by atoms with E-state index in [1.165, 1.54) is 12.1 Å². The van der Waals surface area contributed by atoms with E-state index < -0.39 is 17.8 Å². The van der Waals surface area contributed by atoms with E-state index in [0.717, 1.165) is 11.6 Å². The molecule has 5 nitrogen and oxygen atoms in total. The van der Waals surface area contributed by atoms with E-state index in [9.17, 15) is 14.0 Å². The van der Waals surface area contributed by atoms with Gasteiger partial charge in [0, 0.05) is 6.54 Å². The minimum Gasteiger partial charge on any atom is -0.478 e. The van der Waals surface area contributed by atoms with Crippen molar-refractivity contribution in [3.05, 3.63) is 41.7 Å². The molecule has 6 heteroatoms. The molecule has 1 rings (SSSR count). The predicted octanol–water partition coefficient (Wildman–Crippen LogP) is 2.22. The number of carboxylic acid groups (broad SMARTS) is 1. The molecule has 0 saturated heterocycles. The van der Waals surface area contributed by atoms with Gasteiger partial charge in [-0.15, -0.1) is 0 Å². The number of amides is 2. The van der Waals surface area contributed by atoms with Crippen LogP contribution < -0.4 is 10.6 Å². The molecule has 0 aliphatic heterocycles. The van der Waals surface area contributed by atoms with Crippen LogP contribution in [0.1, 0.15) is 17.3 Å². The number of anilines is 1. The van der Waals surface area contributed by atoms with Crippen LogP contribution in [0.3, 0.4) is 0 Å². The molecule has 1 aromatic rings. The van der Waals surface area contributed by atoms with Crippen molar-refractivity contribution in [1.82, 2.24) is 5.32 Å². The highest BCUT2D eigenvalue weighted by molar-refractivity contribution is 6.00. The van der Waals surface area contributed by atoms with Crippen LogP contribution in [0.2, 0.25) is 0 Å². The summed E-state index contributed by atoms with van der Waals surface area (Å²) in [5, 5.41) is 13.5. The average Bonchev–Trinajstić information content (AvgIpc) is 2.28. The van der Waals surface area contributed by atoms with Crippen LogP contribution in [0, 0.1) is 5.82 Å². The molecule has 0 saturated carbocycles. The zero-order valence-electron chi connectivity index (χ0n) is 9.79. The summed E-state index contributed by atoms with van der Waals surface area (Å²) in [7, 11) is 0. The number of nitrogens with one attached hydrogen (secondary N) is 2. The number of halogens is 1. The highest BCUT2D eigenvalue weighted by Gasteiger charge is 2.16. The Kier molecular flexibility index (Phi) is 4.42. The van der Waals surface area contributed by atoms with Gasteiger partial charge in [-0.2, -0.15) is 0 Å². The Morgan fingerprint density at radius 3 is 2.67 bits per heavy atom. The molecule has 1 aromatic carbocycles. The minimum atomic E-state index is -1.32. The third-order valence-electron chi connectivity index (χ3n) is 2.03. The van der Waals surface area contributed by atoms with Gasteiger partial charge in [-0.25, -0.2) is 14.0 Å². The number of aromatic carboxylic acids is 1. The van der Waals surface area contributed by atoms with Crippen LogP contribution in [0.15, 0.2) is 30.4 Å². The van der Waals surface area contributed by atoms with Crippen LogP contribution in [-0.2, 0) is 0 Å². The maximum atomic E-state index is 13.4. The lowest BCUT2D eigenvalue weighted by atomic mass is 10.1. The smallest absolute Gasteiger partial charge is 0.337 e. The lowest BCUT2D eigenvalue weighted by Crippen LogP contribution is -2.30. The highest BCUT2D eigenvalue weighted by Crippen LogP contribution is 2.19. The minimum absolute atomic E-state index is 0.225. The Hall–Kier alpha value is -2.37. The standard InChI is InChI=1S/C12H13FN2O3/c1-7(2)6-14-12(18)15-10-8(11(16)17)4-3-5-9(10)13/h3-5H,1,6H2,2H3,(H,16,17)(H2,14,15,18). The van der Waals surface area contributed by atoms with Gasteiger partial charge in [-0.1, -0.05) is 18.2 Å². The number of urea groups is 1. The van der Waals surface area contributed by atoms with Crippen molar-refractivity contribution >= 4 is 17.7 Å². The topological polar surface area (TPSA) is 78.4 Å². The molecule has 0 radical (unpaired) electrons. The molecule has 0 aromatic heterocycles. The Bertz CT molecular complexity index is 500. The van der Waals surface area contributed by atoms with E-state index in [1.54, 1.807) is 6.92 Å². The number of hydrogen-bond donors (Lipinski definition) is 3. The summed E-state index contributed by atoms with van der Waals surface area (Å²) < 4.78 is 13.4. The molecule has 0 heterocycles. The normalized spacial score (nSPS) is 9.67. The fraction of sp³-hybridized carbons (Fsp3) is 0.167. The van der Waals surface area contributed by atoms with Crippen molar-refractivity contribution in [2.24, 2.45) is 0 Å². The van der Waals surface area contributed by atoms with E-state index in [2.05, 4.69) is 17.2 Å². The van der Waals surface area contributed by atoms with Crippen molar-refractivity contribution in [3.8, 4) is 0 Å². The van der Waals surface area contributed by atoms with Gasteiger partial charge in [-0.05, 0) is 19.1 Å². The first-order chi connectivity index (χ1) is 8.41. The fourth-order valence-corrected chi connectivity index (χ4v) is 1.22. The van der Waals surface area contributed by atoms with Gasteiger partial charge in [0.2, 0.25) is 0 Å². The Morgan fingerprint density at radius 1 is 1.44 bits per heavy atom. The third kappa shape index (κ3) is 3.58. The van der Waals surface area contributed by atoms with Gasteiger partial charge in [0.25, 0.3) is 0 Å². The van der Waals surface area contributed by atoms with Crippen LogP contribution in [0.5, 0.6) is 0 Å². The average molecular weight is 252 g/mol. The number of para-hydroxylation sites is 1. The summed E-state index contributed by atoms with van der Waals surface area (Å²) >= 11 is 0. The molecule has 3 N–H and O–H groups in total. The molecule has 0 bridgehead atoms. The number of carbonyl (C=O) groups is 2. The largest absolute Gasteiger partial charge is 0.478 e. The maximum absolute atomic E-state index is 13.4. The summed E-state index contributed by atoms with van der Waals surface area (Å²) in [6.45, 7) is 5.53. The highest BCUT2D eigenvalue weighted by atomic mass is 19.1. The monoisotopic (exact) mass is 252 g/mol. The first-order valence-corrected chi connectivity index (χ1v) is 5.13. The molecular weight excluding hydrogens is 239 g/mol. The quantitative estimate of drug-likeness (QED) is 0.719. The van der Waals surface area contributed by atoms with Crippen LogP contribution in [-0.4, -0.2) is 23.7 Å². The summed E-state index contributed by atoms with van der Waals surface area (Å²) in [6.07, 6.45) is 0. The molecule has 0 aliphatic rings. The maximum Gasteiger partial charge on any atom is 0.337 e. The molecular formula is C12H13FN2O3. The molecule has 0 spiro atoms. The first kappa shape index (κ1) is 13.7. The second kappa shape index (κ2) is 5.81. The predicted molar refractivity (Wildman–Crippen MR) is 65.2 cm³/mol. The fourth-order valence-electron chi connectivity index (χ4n) is 1.22. The van der Waals surface area contributed by atoms with Crippen molar-refractivity contribution in [1.29, 1.82) is 0 Å². The van der Waals surface area contributed by atoms with E-state index >= 15 is 0 Å². The summed E-state index contributed by atoms with van der Waals surface area (Å²) in [5.41, 5.74) is 0.0573. The third-order valence-corrected chi connectivity index (χ3v) is 2.03. The number of carbonyl (C=O) groups excluding carboxylic acids is 1. The molecule has 0 aliphatic carbocycles. The van der Waals surface area contributed by atoms with Gasteiger partial charge in [0.05, 0.1) is 11.3 Å². The Labute approximate surface area is 103 Å². The van der Waals surface area contributed by atoms with E-state index in [-0.39, 0.29) is 17.8 Å². The number of hydrogen-bond acceptors (Lipinski definition) is 2. The number of carboxylic acids is 1. The lowest BCUT2D eigenvalue weighted by molar-refractivity contribution is 0.0697. The molecule has 2 amide bonds. The summed E-state index contributed by atoms with van der Waals surface area (Å²) in [5.74, 6) is -2.12. The molecule has 0 unspecified atom stereocenters. The Balaban J connectivity index is 2.86. The van der Waals surface area contributed by atoms with E-state index in [1.807, 2.05) is 0 Å². The second-order valence-electron chi connectivity index (χ2n) is 3.73. The molecule has 18 heavy (non-hydrogen) atoms. The lowest BCUT2D eigenvalue weighted by Gasteiger charge is -2.10. The van der Waals surface area contributed by atoms with Crippen LogP contribution in [0.4, 0.5) is 14.9 Å². The van der Waals surface area contributed by atoms with E-state index in [4.69, 9.17) is 5.11 Å². The number of benzene rings is 1. The molecule has 0 atom stereocenters. The van der Waals surface area contributed by atoms with Gasteiger partial charge in [0.1, 0.15) is 5.82 Å². The van der Waals surface area contributed by atoms with Gasteiger partial charge in [0.15, 0.2) is 0 Å². The molecule has 0 fully saturated rings.